The number of rotatable bonds is 4. The quantitative estimate of drug-likeness (QED) is 0.784. The van der Waals surface area contributed by atoms with Gasteiger partial charge in [-0.05, 0) is 17.7 Å². The van der Waals surface area contributed by atoms with Crippen molar-refractivity contribution in [1.29, 1.82) is 0 Å². The van der Waals surface area contributed by atoms with E-state index in [1.54, 1.807) is 0 Å². The van der Waals surface area contributed by atoms with Crippen molar-refractivity contribution in [3.8, 4) is 0 Å². The third kappa shape index (κ3) is 3.94. The molecule has 0 fully saturated rings. The molecule has 0 aliphatic heterocycles. The van der Waals surface area contributed by atoms with Crippen molar-refractivity contribution in [2.75, 3.05) is 12.9 Å². The summed E-state index contributed by atoms with van der Waals surface area (Å²) >= 11 is 0. The molecule has 1 rings (SSSR count). The maximum absolute atomic E-state index is 12.6. The van der Waals surface area contributed by atoms with E-state index in [1.165, 1.54) is 24.3 Å². The van der Waals surface area contributed by atoms with E-state index in [0.29, 0.717) is 5.56 Å². The predicted octanol–water partition coefficient (Wildman–Crippen LogP) is 0.835. The van der Waals surface area contributed by atoms with Gasteiger partial charge in [-0.1, -0.05) is 12.1 Å². The van der Waals surface area contributed by atoms with Crippen LogP contribution in [0.15, 0.2) is 24.3 Å². The Labute approximate surface area is 87.4 Å². The second-order valence-electron chi connectivity index (χ2n) is 3.02. The lowest BCUT2D eigenvalue weighted by molar-refractivity contribution is 0.123. The van der Waals surface area contributed by atoms with E-state index >= 15 is 0 Å². The van der Waals surface area contributed by atoms with Crippen LogP contribution in [-0.4, -0.2) is 26.4 Å². The molecule has 0 radical (unpaired) electrons. The first-order valence-corrected chi connectivity index (χ1v) is 5.98. The molecule has 84 valence electrons. The number of benzene rings is 1. The Bertz CT molecular complexity index is 412. The van der Waals surface area contributed by atoms with Crippen molar-refractivity contribution in [3.05, 3.63) is 35.6 Å². The fourth-order valence-corrected chi connectivity index (χ4v) is 1.67. The van der Waals surface area contributed by atoms with Crippen LogP contribution in [0.25, 0.3) is 0 Å². The molecule has 1 aromatic carbocycles. The normalized spacial score (nSPS) is 13.8. The van der Waals surface area contributed by atoms with Crippen LogP contribution in [0.2, 0.25) is 0 Å². The van der Waals surface area contributed by atoms with Crippen molar-refractivity contribution in [3.63, 3.8) is 0 Å². The Morgan fingerprint density at radius 2 is 1.93 bits per heavy atom. The fourth-order valence-electron chi connectivity index (χ4n) is 1.08. The highest BCUT2D eigenvalue weighted by Gasteiger charge is 2.16. The summed E-state index contributed by atoms with van der Waals surface area (Å²) in [5.41, 5.74) is 0.407. The van der Waals surface area contributed by atoms with Gasteiger partial charge < -0.3 is 5.11 Å². The van der Waals surface area contributed by atoms with Gasteiger partial charge in [-0.15, -0.1) is 0 Å². The van der Waals surface area contributed by atoms with Crippen LogP contribution < -0.4 is 0 Å². The first kappa shape index (κ1) is 12.1. The molecule has 1 N–H and O–H groups in total. The van der Waals surface area contributed by atoms with Crippen molar-refractivity contribution >= 4 is 10.1 Å². The molecule has 0 aliphatic carbocycles. The molecular formula is C9H11FO4S. The molecule has 0 saturated heterocycles. The standard InChI is InChI=1S/C9H11FO4S/c1-15(12,13)14-9(6-11)7-2-4-8(10)5-3-7/h2-5,9,11H,6H2,1H3/t9-/m1/s1. The minimum Gasteiger partial charge on any atom is -0.393 e. The predicted molar refractivity (Wildman–Crippen MR) is 52.2 cm³/mol. The smallest absolute Gasteiger partial charge is 0.265 e. The Balaban J connectivity index is 2.88. The number of aliphatic hydroxyl groups is 1. The topological polar surface area (TPSA) is 63.6 Å². The van der Waals surface area contributed by atoms with Crippen LogP contribution in [0.5, 0.6) is 0 Å². The highest BCUT2D eigenvalue weighted by atomic mass is 32.2. The van der Waals surface area contributed by atoms with Gasteiger partial charge in [-0.2, -0.15) is 8.42 Å². The molecule has 0 heterocycles. The molecule has 0 bridgehead atoms. The van der Waals surface area contributed by atoms with Crippen molar-refractivity contribution in [2.24, 2.45) is 0 Å². The molecule has 4 nitrogen and oxygen atoms in total. The average molecular weight is 234 g/mol. The number of hydrogen-bond donors (Lipinski definition) is 1. The molecule has 1 atom stereocenters. The van der Waals surface area contributed by atoms with Crippen LogP contribution in [-0.2, 0) is 14.3 Å². The number of halogens is 1. The van der Waals surface area contributed by atoms with Gasteiger partial charge in [-0.3, -0.25) is 4.18 Å². The Morgan fingerprint density at radius 1 is 1.40 bits per heavy atom. The summed E-state index contributed by atoms with van der Waals surface area (Å²) in [5, 5.41) is 8.93. The monoisotopic (exact) mass is 234 g/mol. The van der Waals surface area contributed by atoms with E-state index in [2.05, 4.69) is 4.18 Å². The van der Waals surface area contributed by atoms with E-state index in [-0.39, 0.29) is 0 Å². The van der Waals surface area contributed by atoms with Gasteiger partial charge in [0.15, 0.2) is 0 Å². The van der Waals surface area contributed by atoms with Crippen LogP contribution in [0.4, 0.5) is 4.39 Å². The summed E-state index contributed by atoms with van der Waals surface area (Å²) in [7, 11) is -3.65. The van der Waals surface area contributed by atoms with E-state index in [1.807, 2.05) is 0 Å². The molecule has 6 heteroatoms. The molecule has 0 spiro atoms. The minimum atomic E-state index is -3.65. The van der Waals surface area contributed by atoms with E-state index in [9.17, 15) is 12.8 Å². The molecule has 15 heavy (non-hydrogen) atoms. The Morgan fingerprint density at radius 3 is 2.33 bits per heavy atom. The Hall–Kier alpha value is -0.980. The van der Waals surface area contributed by atoms with Gasteiger partial charge in [0.1, 0.15) is 11.9 Å². The lowest BCUT2D eigenvalue weighted by atomic mass is 10.1. The molecule has 0 aliphatic rings. The largest absolute Gasteiger partial charge is 0.393 e. The highest BCUT2D eigenvalue weighted by molar-refractivity contribution is 7.86. The molecule has 1 aromatic rings. The second-order valence-corrected chi connectivity index (χ2v) is 4.62. The van der Waals surface area contributed by atoms with E-state index < -0.39 is 28.6 Å². The summed E-state index contributed by atoms with van der Waals surface area (Å²) in [6.07, 6.45) is -0.0975. The summed E-state index contributed by atoms with van der Waals surface area (Å²) in [4.78, 5) is 0. The molecule has 0 aromatic heterocycles. The van der Waals surface area contributed by atoms with E-state index in [4.69, 9.17) is 5.11 Å². The van der Waals surface area contributed by atoms with Crippen molar-refractivity contribution < 1.29 is 22.1 Å². The lowest BCUT2D eigenvalue weighted by Crippen LogP contribution is -2.13. The zero-order valence-corrected chi connectivity index (χ0v) is 8.87. The lowest BCUT2D eigenvalue weighted by Gasteiger charge is -2.13. The summed E-state index contributed by atoms with van der Waals surface area (Å²) in [5.74, 6) is -0.435. The average Bonchev–Trinajstić information content (AvgIpc) is 2.14. The van der Waals surface area contributed by atoms with Crippen LogP contribution in [0.1, 0.15) is 11.7 Å². The van der Waals surface area contributed by atoms with E-state index in [0.717, 1.165) is 6.26 Å². The van der Waals surface area contributed by atoms with Crippen molar-refractivity contribution in [1.82, 2.24) is 0 Å². The van der Waals surface area contributed by atoms with Gasteiger partial charge in [0.05, 0.1) is 12.9 Å². The summed E-state index contributed by atoms with van der Waals surface area (Å²) < 4.78 is 38.8. The summed E-state index contributed by atoms with van der Waals surface area (Å²) in [6, 6.07) is 5.07. The zero-order chi connectivity index (χ0) is 11.5. The molecule has 0 unspecified atom stereocenters. The Kier molecular flexibility index (Phi) is 3.78. The van der Waals surface area contributed by atoms with Gasteiger partial charge in [0.25, 0.3) is 10.1 Å². The van der Waals surface area contributed by atoms with Gasteiger partial charge in [0.2, 0.25) is 0 Å². The van der Waals surface area contributed by atoms with Crippen molar-refractivity contribution in [2.45, 2.75) is 6.10 Å². The number of hydrogen-bond acceptors (Lipinski definition) is 4. The van der Waals surface area contributed by atoms with Gasteiger partial charge in [0, 0.05) is 0 Å². The van der Waals surface area contributed by atoms with Gasteiger partial charge >= 0.3 is 0 Å². The molecule has 0 amide bonds. The second kappa shape index (κ2) is 4.69. The van der Waals surface area contributed by atoms with Crippen LogP contribution >= 0.6 is 0 Å². The summed E-state index contributed by atoms with van der Waals surface area (Å²) in [6.45, 7) is -0.487. The third-order valence-electron chi connectivity index (χ3n) is 1.70. The van der Waals surface area contributed by atoms with Gasteiger partial charge in [-0.25, -0.2) is 4.39 Å². The third-order valence-corrected chi connectivity index (χ3v) is 2.28. The van der Waals surface area contributed by atoms with Crippen LogP contribution in [0.3, 0.4) is 0 Å². The first-order valence-electron chi connectivity index (χ1n) is 4.17. The zero-order valence-electron chi connectivity index (χ0n) is 8.05. The first-order chi connectivity index (χ1) is 6.92. The molecular weight excluding hydrogens is 223 g/mol. The molecule has 0 saturated carbocycles. The van der Waals surface area contributed by atoms with Crippen LogP contribution in [0, 0.1) is 5.82 Å². The highest BCUT2D eigenvalue weighted by Crippen LogP contribution is 2.18. The minimum absolute atomic E-state index is 0.407. The fraction of sp³-hybridized carbons (Fsp3) is 0.333. The SMILES string of the molecule is CS(=O)(=O)O[C@H](CO)c1ccc(F)cc1. The maximum Gasteiger partial charge on any atom is 0.265 e. The number of aliphatic hydroxyl groups excluding tert-OH is 1. The maximum atomic E-state index is 12.6.